The average molecular weight is 582 g/mol. The summed E-state index contributed by atoms with van der Waals surface area (Å²) in [6.07, 6.45) is 0. The van der Waals surface area contributed by atoms with Gasteiger partial charge in [-0.2, -0.15) is 18.6 Å². The van der Waals surface area contributed by atoms with Crippen LogP contribution in [-0.2, 0) is 10.1 Å². The molecular formula is C25H18Cl2N3NaO6S. The minimum absolute atomic E-state index is 0. The van der Waals surface area contributed by atoms with Crippen molar-refractivity contribution < 1.29 is 57.2 Å². The van der Waals surface area contributed by atoms with E-state index in [9.17, 15) is 22.9 Å². The molecule has 0 aliphatic heterocycles. The van der Waals surface area contributed by atoms with Crippen LogP contribution >= 0.6 is 23.2 Å². The number of methoxy groups -OCH3 is 1. The first kappa shape index (κ1) is 29.9. The molecule has 0 aliphatic rings. The summed E-state index contributed by atoms with van der Waals surface area (Å²) in [5, 5.41) is 25.1. The summed E-state index contributed by atoms with van der Waals surface area (Å²) >= 11 is 12.2. The van der Waals surface area contributed by atoms with Crippen LogP contribution in [0, 0.1) is 6.92 Å². The molecule has 2 N–H and O–H groups in total. The number of nitrogens with one attached hydrogen (secondary N) is 1. The maximum atomic E-state index is 13.4. The van der Waals surface area contributed by atoms with Crippen molar-refractivity contribution in [2.45, 2.75) is 11.8 Å². The van der Waals surface area contributed by atoms with Crippen molar-refractivity contribution in [2.75, 3.05) is 12.4 Å². The summed E-state index contributed by atoms with van der Waals surface area (Å²) in [7, 11) is -3.20. The SMILES string of the molecule is COc1cccc(NC(=O)c2cc3ccccc3c(N=Nc3ccc(Cl)c(S(=O)(=O)O)c3C)c2[O-])c1Cl.[Na+]. The molecule has 4 aromatic rings. The zero-order chi connectivity index (χ0) is 26.9. The molecule has 4 aromatic carbocycles. The molecule has 1 amide bonds. The van der Waals surface area contributed by atoms with E-state index in [-0.39, 0.29) is 67.8 Å². The summed E-state index contributed by atoms with van der Waals surface area (Å²) in [4.78, 5) is 12.6. The van der Waals surface area contributed by atoms with E-state index in [0.29, 0.717) is 16.5 Å². The fraction of sp³-hybridized carbons (Fsp3) is 0.0800. The number of hydrogen-bond acceptors (Lipinski definition) is 7. The van der Waals surface area contributed by atoms with Crippen molar-refractivity contribution in [1.29, 1.82) is 0 Å². The molecule has 0 unspecified atom stereocenters. The second kappa shape index (κ2) is 12.0. The van der Waals surface area contributed by atoms with E-state index in [1.54, 1.807) is 42.5 Å². The maximum absolute atomic E-state index is 13.4. The number of hydrogen-bond donors (Lipinski definition) is 2. The van der Waals surface area contributed by atoms with Crippen LogP contribution < -0.4 is 44.7 Å². The Hall–Kier alpha value is -2.70. The van der Waals surface area contributed by atoms with E-state index in [0.717, 1.165) is 0 Å². The number of nitrogens with zero attached hydrogens (tertiary/aromatic N) is 2. The molecule has 0 atom stereocenters. The van der Waals surface area contributed by atoms with Gasteiger partial charge in [0.15, 0.2) is 0 Å². The number of ether oxygens (including phenoxy) is 1. The maximum Gasteiger partial charge on any atom is 1.00 e. The van der Waals surface area contributed by atoms with Gasteiger partial charge in [0.2, 0.25) is 0 Å². The molecule has 0 fully saturated rings. The van der Waals surface area contributed by atoms with E-state index in [2.05, 4.69) is 15.5 Å². The predicted octanol–water partition coefficient (Wildman–Crippen LogP) is 3.46. The number of anilines is 1. The van der Waals surface area contributed by atoms with Crippen LogP contribution in [0.2, 0.25) is 10.0 Å². The quantitative estimate of drug-likeness (QED) is 0.203. The van der Waals surface area contributed by atoms with Gasteiger partial charge >= 0.3 is 29.6 Å². The van der Waals surface area contributed by atoms with Gasteiger partial charge in [0.1, 0.15) is 15.7 Å². The Kier molecular flexibility index (Phi) is 9.43. The van der Waals surface area contributed by atoms with Crippen LogP contribution in [0.1, 0.15) is 15.9 Å². The summed E-state index contributed by atoms with van der Waals surface area (Å²) < 4.78 is 38.2. The van der Waals surface area contributed by atoms with Crippen LogP contribution in [-0.4, -0.2) is 26.0 Å². The third-order valence-corrected chi connectivity index (χ3v) is 7.36. The molecule has 190 valence electrons. The minimum Gasteiger partial charge on any atom is -0.870 e. The van der Waals surface area contributed by atoms with Gasteiger partial charge in [-0.25, -0.2) is 0 Å². The Morgan fingerprint density at radius 1 is 1.05 bits per heavy atom. The van der Waals surface area contributed by atoms with Crippen LogP contribution in [0.25, 0.3) is 10.8 Å². The van der Waals surface area contributed by atoms with Gasteiger partial charge in [-0.1, -0.05) is 59.3 Å². The smallest absolute Gasteiger partial charge is 0.870 e. The van der Waals surface area contributed by atoms with Crippen molar-refractivity contribution in [3.05, 3.63) is 81.8 Å². The number of carbonyl (C=O) groups excluding carboxylic acids is 1. The zero-order valence-electron chi connectivity index (χ0n) is 20.3. The molecule has 0 aromatic heterocycles. The molecule has 13 heteroatoms. The number of rotatable bonds is 6. The molecule has 0 saturated heterocycles. The van der Waals surface area contributed by atoms with E-state index in [4.69, 9.17) is 27.9 Å². The topological polar surface area (TPSA) is 140 Å². The number of amides is 1. The van der Waals surface area contributed by atoms with Crippen LogP contribution in [0.3, 0.4) is 0 Å². The van der Waals surface area contributed by atoms with Crippen molar-refractivity contribution in [3.63, 3.8) is 0 Å². The number of fused-ring (bicyclic) bond motifs is 1. The predicted molar refractivity (Wildman–Crippen MR) is 140 cm³/mol. The summed E-state index contributed by atoms with van der Waals surface area (Å²) in [5.41, 5.74) is -0.00684. The number of halogens is 2. The van der Waals surface area contributed by atoms with Gasteiger partial charge in [0, 0.05) is 10.9 Å². The second-order valence-electron chi connectivity index (χ2n) is 7.79. The molecule has 9 nitrogen and oxygen atoms in total. The molecule has 0 saturated carbocycles. The number of benzene rings is 4. The van der Waals surface area contributed by atoms with E-state index >= 15 is 0 Å². The molecule has 0 heterocycles. The Labute approximate surface area is 250 Å². The zero-order valence-corrected chi connectivity index (χ0v) is 24.6. The molecule has 0 bridgehead atoms. The second-order valence-corrected chi connectivity index (χ2v) is 9.94. The first-order valence-corrected chi connectivity index (χ1v) is 12.8. The molecule has 4 rings (SSSR count). The Morgan fingerprint density at radius 2 is 1.76 bits per heavy atom. The van der Waals surface area contributed by atoms with Gasteiger partial charge in [0.05, 0.1) is 29.2 Å². The standard InChI is InChI=1S/C25H19Cl2N3O6S.Na/c1-13-18(11-10-17(26)24(13)37(33,34)35)29-30-22-15-7-4-3-6-14(15)12-16(23(22)31)25(32)28-19-8-5-9-20(36-2)21(19)27;/h3-12,31H,1-2H3,(H,28,32)(H,33,34,35);/q;+1/p-1. The number of carbonyl (C=O) groups is 1. The molecule has 0 radical (unpaired) electrons. The van der Waals surface area contributed by atoms with E-state index < -0.39 is 26.7 Å². The minimum atomic E-state index is -4.64. The molecule has 38 heavy (non-hydrogen) atoms. The molecule has 0 spiro atoms. The molecular weight excluding hydrogens is 564 g/mol. The van der Waals surface area contributed by atoms with Gasteiger partial charge in [-0.05, 0) is 48.2 Å². The first-order valence-electron chi connectivity index (χ1n) is 10.6. The van der Waals surface area contributed by atoms with Crippen LogP contribution in [0.5, 0.6) is 11.5 Å². The van der Waals surface area contributed by atoms with Gasteiger partial charge < -0.3 is 15.2 Å². The first-order chi connectivity index (χ1) is 17.5. The Bertz CT molecular complexity index is 1700. The van der Waals surface area contributed by atoms with Crippen molar-refractivity contribution in [1.82, 2.24) is 0 Å². The average Bonchev–Trinajstić information content (AvgIpc) is 2.84. The van der Waals surface area contributed by atoms with Crippen molar-refractivity contribution in [2.24, 2.45) is 10.2 Å². The summed E-state index contributed by atoms with van der Waals surface area (Å²) in [6.45, 7) is 1.39. The monoisotopic (exact) mass is 581 g/mol. The van der Waals surface area contributed by atoms with Crippen molar-refractivity contribution in [3.8, 4) is 11.5 Å². The summed E-state index contributed by atoms with van der Waals surface area (Å²) in [6, 6.07) is 15.7. The fourth-order valence-corrected chi connectivity index (χ4v) is 5.26. The Balaban J connectivity index is 0.00000400. The van der Waals surface area contributed by atoms with Gasteiger partial charge in [-0.3, -0.25) is 9.35 Å². The van der Waals surface area contributed by atoms with Crippen LogP contribution in [0.4, 0.5) is 17.1 Å². The van der Waals surface area contributed by atoms with Gasteiger partial charge in [0.25, 0.3) is 16.0 Å². The number of azo groups is 1. The van der Waals surface area contributed by atoms with Gasteiger partial charge in [-0.15, -0.1) is 0 Å². The largest absolute Gasteiger partial charge is 1.00 e. The van der Waals surface area contributed by atoms with E-state index in [1.807, 2.05) is 0 Å². The van der Waals surface area contributed by atoms with Crippen LogP contribution in [0.15, 0.2) is 75.8 Å². The normalized spacial score (nSPS) is 11.4. The molecule has 0 aliphatic carbocycles. The Morgan fingerprint density at radius 3 is 2.45 bits per heavy atom. The third kappa shape index (κ3) is 5.97. The third-order valence-electron chi connectivity index (χ3n) is 5.50. The summed E-state index contributed by atoms with van der Waals surface area (Å²) in [5.74, 6) is -1.09. The van der Waals surface area contributed by atoms with Crippen molar-refractivity contribution >= 4 is 67.1 Å². The fourth-order valence-electron chi connectivity index (χ4n) is 3.71. The van der Waals surface area contributed by atoms with E-state index in [1.165, 1.54) is 32.2 Å².